The molecule has 0 spiro atoms. The normalized spacial score (nSPS) is 28.6. The van der Waals surface area contributed by atoms with Crippen molar-refractivity contribution >= 4 is 5.91 Å². The molecule has 2 aliphatic heterocycles. The van der Waals surface area contributed by atoms with E-state index in [1.807, 2.05) is 24.3 Å². The van der Waals surface area contributed by atoms with Gasteiger partial charge in [0.2, 0.25) is 5.91 Å². The number of para-hydroxylation sites is 1. The Morgan fingerprint density at radius 2 is 2.30 bits per heavy atom. The molecule has 2 heterocycles. The molecule has 108 valence electrons. The van der Waals surface area contributed by atoms with E-state index in [0.717, 1.165) is 30.9 Å². The molecule has 3 unspecified atom stereocenters. The van der Waals surface area contributed by atoms with Crippen LogP contribution in [0.2, 0.25) is 0 Å². The predicted molar refractivity (Wildman–Crippen MR) is 77.8 cm³/mol. The van der Waals surface area contributed by atoms with Crippen LogP contribution in [0.15, 0.2) is 24.3 Å². The van der Waals surface area contributed by atoms with Gasteiger partial charge in [-0.2, -0.15) is 0 Å². The zero-order valence-corrected chi connectivity index (χ0v) is 11.9. The molecular formula is C16H22N2O2. The van der Waals surface area contributed by atoms with E-state index in [9.17, 15) is 4.79 Å². The average Bonchev–Trinajstić information content (AvgIpc) is 2.90. The van der Waals surface area contributed by atoms with Crippen molar-refractivity contribution in [1.29, 1.82) is 0 Å². The Kier molecular flexibility index (Phi) is 3.92. The summed E-state index contributed by atoms with van der Waals surface area (Å²) in [5.74, 6) is 1.99. The third-order valence-corrected chi connectivity index (χ3v) is 4.54. The highest BCUT2D eigenvalue weighted by Crippen LogP contribution is 2.33. The molecule has 0 aliphatic carbocycles. The predicted octanol–water partition coefficient (Wildman–Crippen LogP) is 1.52. The fourth-order valence-electron chi connectivity index (χ4n) is 3.06. The fraction of sp³-hybridized carbons (Fsp3) is 0.562. The lowest BCUT2D eigenvalue weighted by Crippen LogP contribution is -2.43. The van der Waals surface area contributed by atoms with Gasteiger partial charge < -0.3 is 15.4 Å². The molecule has 4 nitrogen and oxygen atoms in total. The summed E-state index contributed by atoms with van der Waals surface area (Å²) in [6.45, 7) is 5.58. The molecule has 2 aliphatic rings. The number of rotatable bonds is 3. The summed E-state index contributed by atoms with van der Waals surface area (Å²) in [5.41, 5.74) is 1.01. The van der Waals surface area contributed by atoms with Gasteiger partial charge in [0.25, 0.3) is 0 Å². The Hall–Kier alpha value is -1.55. The SMILES string of the molecule is CC1CCNCC1CNC(=O)C1COc2ccccc21. The van der Waals surface area contributed by atoms with Crippen molar-refractivity contribution in [2.45, 2.75) is 19.3 Å². The highest BCUT2D eigenvalue weighted by atomic mass is 16.5. The van der Waals surface area contributed by atoms with Gasteiger partial charge in [-0.25, -0.2) is 0 Å². The standard InChI is InChI=1S/C16H22N2O2/c1-11-6-7-17-8-12(11)9-18-16(19)14-10-20-15-5-3-2-4-13(14)15/h2-5,11-12,14,17H,6-10H2,1H3,(H,18,19). The molecule has 3 atom stereocenters. The first kappa shape index (κ1) is 13.4. The van der Waals surface area contributed by atoms with Gasteiger partial charge in [0.15, 0.2) is 0 Å². The molecule has 2 N–H and O–H groups in total. The van der Waals surface area contributed by atoms with Gasteiger partial charge >= 0.3 is 0 Å². The van der Waals surface area contributed by atoms with Crippen LogP contribution < -0.4 is 15.4 Å². The van der Waals surface area contributed by atoms with E-state index in [-0.39, 0.29) is 11.8 Å². The number of benzene rings is 1. The highest BCUT2D eigenvalue weighted by Gasteiger charge is 2.30. The van der Waals surface area contributed by atoms with Gasteiger partial charge in [0, 0.05) is 12.1 Å². The van der Waals surface area contributed by atoms with Crippen LogP contribution in [0.25, 0.3) is 0 Å². The van der Waals surface area contributed by atoms with Crippen LogP contribution in [0.4, 0.5) is 0 Å². The molecule has 4 heteroatoms. The lowest BCUT2D eigenvalue weighted by molar-refractivity contribution is -0.123. The zero-order chi connectivity index (χ0) is 13.9. The van der Waals surface area contributed by atoms with Crippen LogP contribution in [-0.4, -0.2) is 32.1 Å². The maximum Gasteiger partial charge on any atom is 0.231 e. The van der Waals surface area contributed by atoms with Gasteiger partial charge in [-0.1, -0.05) is 25.1 Å². The maximum atomic E-state index is 12.3. The number of fused-ring (bicyclic) bond motifs is 1. The fourth-order valence-corrected chi connectivity index (χ4v) is 3.06. The van der Waals surface area contributed by atoms with Crippen LogP contribution in [-0.2, 0) is 4.79 Å². The Balaban J connectivity index is 1.58. The number of carbonyl (C=O) groups excluding carboxylic acids is 1. The van der Waals surface area contributed by atoms with Crippen molar-refractivity contribution in [3.8, 4) is 5.75 Å². The monoisotopic (exact) mass is 274 g/mol. The van der Waals surface area contributed by atoms with Crippen LogP contribution in [0.5, 0.6) is 5.75 Å². The summed E-state index contributed by atoms with van der Waals surface area (Å²) < 4.78 is 5.57. The molecule has 1 fully saturated rings. The molecule has 0 bridgehead atoms. The minimum absolute atomic E-state index is 0.0905. The first-order valence-electron chi connectivity index (χ1n) is 7.46. The number of piperidine rings is 1. The number of ether oxygens (including phenoxy) is 1. The first-order chi connectivity index (χ1) is 9.75. The molecule has 1 saturated heterocycles. The average molecular weight is 274 g/mol. The number of carbonyl (C=O) groups is 1. The van der Waals surface area contributed by atoms with Crippen LogP contribution >= 0.6 is 0 Å². The Bertz CT molecular complexity index is 489. The smallest absolute Gasteiger partial charge is 0.231 e. The van der Waals surface area contributed by atoms with Crippen LogP contribution in [0, 0.1) is 11.8 Å². The van der Waals surface area contributed by atoms with Crippen LogP contribution in [0.3, 0.4) is 0 Å². The van der Waals surface area contributed by atoms with E-state index in [4.69, 9.17) is 4.74 Å². The summed E-state index contributed by atoms with van der Waals surface area (Å²) in [4.78, 5) is 12.3. The molecule has 0 saturated carbocycles. The van der Waals surface area contributed by atoms with E-state index < -0.39 is 0 Å². The van der Waals surface area contributed by atoms with Crippen molar-refractivity contribution in [2.24, 2.45) is 11.8 Å². The lowest BCUT2D eigenvalue weighted by atomic mass is 9.88. The van der Waals surface area contributed by atoms with E-state index in [2.05, 4.69) is 17.6 Å². The van der Waals surface area contributed by atoms with Crippen LogP contribution in [0.1, 0.15) is 24.8 Å². The second-order valence-electron chi connectivity index (χ2n) is 5.88. The number of amides is 1. The topological polar surface area (TPSA) is 50.4 Å². The van der Waals surface area contributed by atoms with Gasteiger partial charge in [-0.15, -0.1) is 0 Å². The molecule has 20 heavy (non-hydrogen) atoms. The highest BCUT2D eigenvalue weighted by molar-refractivity contribution is 5.85. The number of hydrogen-bond donors (Lipinski definition) is 2. The summed E-state index contributed by atoms with van der Waals surface area (Å²) in [7, 11) is 0. The molecule has 3 rings (SSSR count). The van der Waals surface area contributed by atoms with E-state index in [1.54, 1.807) is 0 Å². The number of nitrogens with one attached hydrogen (secondary N) is 2. The first-order valence-corrected chi connectivity index (χ1v) is 7.46. The third-order valence-electron chi connectivity index (χ3n) is 4.54. The summed E-state index contributed by atoms with van der Waals surface area (Å²) in [5, 5.41) is 6.50. The van der Waals surface area contributed by atoms with E-state index in [1.165, 1.54) is 6.42 Å². The second kappa shape index (κ2) is 5.83. The molecule has 1 amide bonds. The Morgan fingerprint density at radius 1 is 1.45 bits per heavy atom. The summed E-state index contributed by atoms with van der Waals surface area (Å²) in [6, 6.07) is 7.81. The van der Waals surface area contributed by atoms with Crippen molar-refractivity contribution < 1.29 is 9.53 Å². The molecule has 1 aromatic rings. The van der Waals surface area contributed by atoms with Crippen molar-refractivity contribution in [2.75, 3.05) is 26.2 Å². The van der Waals surface area contributed by atoms with E-state index in [0.29, 0.717) is 18.4 Å². The minimum atomic E-state index is -0.155. The van der Waals surface area contributed by atoms with Crippen molar-refractivity contribution in [3.63, 3.8) is 0 Å². The van der Waals surface area contributed by atoms with Gasteiger partial charge in [0.1, 0.15) is 18.3 Å². The number of hydrogen-bond acceptors (Lipinski definition) is 3. The van der Waals surface area contributed by atoms with Crippen molar-refractivity contribution in [1.82, 2.24) is 10.6 Å². The van der Waals surface area contributed by atoms with Gasteiger partial charge in [0.05, 0.1) is 0 Å². The molecule has 1 aromatic carbocycles. The second-order valence-corrected chi connectivity index (χ2v) is 5.88. The Labute approximate surface area is 119 Å². The largest absolute Gasteiger partial charge is 0.492 e. The summed E-state index contributed by atoms with van der Waals surface area (Å²) >= 11 is 0. The third kappa shape index (κ3) is 2.66. The molecule has 0 radical (unpaired) electrons. The van der Waals surface area contributed by atoms with Crippen molar-refractivity contribution in [3.05, 3.63) is 29.8 Å². The van der Waals surface area contributed by atoms with E-state index >= 15 is 0 Å². The minimum Gasteiger partial charge on any atom is -0.492 e. The Morgan fingerprint density at radius 3 is 3.15 bits per heavy atom. The zero-order valence-electron chi connectivity index (χ0n) is 11.9. The van der Waals surface area contributed by atoms with Gasteiger partial charge in [-0.05, 0) is 37.4 Å². The molecular weight excluding hydrogens is 252 g/mol. The quantitative estimate of drug-likeness (QED) is 0.879. The van der Waals surface area contributed by atoms with Gasteiger partial charge in [-0.3, -0.25) is 4.79 Å². The lowest BCUT2D eigenvalue weighted by Gasteiger charge is -2.29. The maximum absolute atomic E-state index is 12.3. The summed E-state index contributed by atoms with van der Waals surface area (Å²) in [6.07, 6.45) is 1.19. The molecule has 0 aromatic heterocycles.